The molecule has 0 aliphatic rings. The summed E-state index contributed by atoms with van der Waals surface area (Å²) >= 11 is 8.09. The van der Waals surface area contributed by atoms with E-state index in [-0.39, 0.29) is 5.60 Å². The lowest BCUT2D eigenvalue weighted by Gasteiger charge is -2.28. The van der Waals surface area contributed by atoms with E-state index >= 15 is 0 Å². The van der Waals surface area contributed by atoms with Crippen molar-refractivity contribution in [3.8, 4) is 0 Å². The summed E-state index contributed by atoms with van der Waals surface area (Å²) in [5.74, 6) is 0.570. The van der Waals surface area contributed by atoms with Gasteiger partial charge in [-0.25, -0.2) is 0 Å². The van der Waals surface area contributed by atoms with Crippen LogP contribution in [0.5, 0.6) is 0 Å². The quantitative estimate of drug-likeness (QED) is 0.558. The molecule has 1 nitrogen and oxygen atoms in total. The lowest BCUT2D eigenvalue weighted by atomic mass is 10.1. The standard InChI is InChI=1S/C8H16ClIO/c1-4-7(2)11-8(3,5-9)6-10/h7H,4-6H2,1-3H3. The van der Waals surface area contributed by atoms with Crippen molar-refractivity contribution in [1.82, 2.24) is 0 Å². The number of rotatable bonds is 5. The Hall–Kier alpha value is 0.980. The Kier molecular flexibility index (Phi) is 6.09. The summed E-state index contributed by atoms with van der Waals surface area (Å²) in [6, 6.07) is 0. The minimum Gasteiger partial charge on any atom is -0.370 e. The molecule has 0 heterocycles. The van der Waals surface area contributed by atoms with Crippen LogP contribution in [-0.2, 0) is 4.74 Å². The Morgan fingerprint density at radius 1 is 1.64 bits per heavy atom. The highest BCUT2D eigenvalue weighted by Gasteiger charge is 2.24. The van der Waals surface area contributed by atoms with Gasteiger partial charge >= 0.3 is 0 Å². The molecule has 68 valence electrons. The highest BCUT2D eigenvalue weighted by atomic mass is 127. The number of ether oxygens (including phenoxy) is 1. The maximum atomic E-state index is 5.78. The van der Waals surface area contributed by atoms with Crippen molar-refractivity contribution in [1.29, 1.82) is 0 Å². The molecule has 3 heteroatoms. The van der Waals surface area contributed by atoms with Gasteiger partial charge in [-0.2, -0.15) is 0 Å². The first-order chi connectivity index (χ1) is 5.08. The fourth-order valence-electron chi connectivity index (χ4n) is 0.668. The summed E-state index contributed by atoms with van der Waals surface area (Å²) in [6.07, 6.45) is 1.36. The Morgan fingerprint density at radius 2 is 2.18 bits per heavy atom. The van der Waals surface area contributed by atoms with Crippen molar-refractivity contribution in [2.75, 3.05) is 10.3 Å². The van der Waals surface area contributed by atoms with Crippen LogP contribution in [0.2, 0.25) is 0 Å². The van der Waals surface area contributed by atoms with Crippen LogP contribution in [-0.4, -0.2) is 22.0 Å². The Morgan fingerprint density at radius 3 is 2.45 bits per heavy atom. The number of hydrogen-bond acceptors (Lipinski definition) is 1. The zero-order chi connectivity index (χ0) is 8.91. The molecule has 0 fully saturated rings. The second-order valence-corrected chi connectivity index (χ2v) is 4.08. The molecule has 0 N–H and O–H groups in total. The van der Waals surface area contributed by atoms with Crippen molar-refractivity contribution in [3.63, 3.8) is 0 Å². The van der Waals surface area contributed by atoms with Gasteiger partial charge in [-0.15, -0.1) is 11.6 Å². The van der Waals surface area contributed by atoms with Crippen LogP contribution in [0.1, 0.15) is 27.2 Å². The van der Waals surface area contributed by atoms with E-state index in [1.807, 2.05) is 0 Å². The molecule has 0 bridgehead atoms. The van der Waals surface area contributed by atoms with Crippen molar-refractivity contribution in [3.05, 3.63) is 0 Å². The second-order valence-electron chi connectivity index (χ2n) is 3.05. The maximum absolute atomic E-state index is 5.78. The van der Waals surface area contributed by atoms with E-state index in [4.69, 9.17) is 16.3 Å². The van der Waals surface area contributed by atoms with Crippen LogP contribution >= 0.6 is 34.2 Å². The van der Waals surface area contributed by atoms with Gasteiger partial charge in [0.2, 0.25) is 0 Å². The fourth-order valence-corrected chi connectivity index (χ4v) is 1.59. The highest BCUT2D eigenvalue weighted by Crippen LogP contribution is 2.19. The molecule has 2 atom stereocenters. The number of hydrogen-bond donors (Lipinski definition) is 0. The number of halogens is 2. The van der Waals surface area contributed by atoms with Crippen molar-refractivity contribution < 1.29 is 4.74 Å². The molecule has 0 saturated heterocycles. The predicted octanol–water partition coefficient (Wildman–Crippen LogP) is 3.23. The van der Waals surface area contributed by atoms with Gasteiger partial charge in [-0.1, -0.05) is 29.5 Å². The van der Waals surface area contributed by atoms with E-state index in [0.717, 1.165) is 10.8 Å². The van der Waals surface area contributed by atoms with Gasteiger partial charge in [-0.3, -0.25) is 0 Å². The van der Waals surface area contributed by atoms with E-state index in [1.54, 1.807) is 0 Å². The van der Waals surface area contributed by atoms with Gasteiger partial charge < -0.3 is 4.74 Å². The van der Waals surface area contributed by atoms with E-state index in [2.05, 4.69) is 43.4 Å². The van der Waals surface area contributed by atoms with Gasteiger partial charge in [0, 0.05) is 4.43 Å². The summed E-state index contributed by atoms with van der Waals surface area (Å²) in [6.45, 7) is 6.25. The average Bonchev–Trinajstić information content (AvgIpc) is 2.04. The molecular weight excluding hydrogens is 274 g/mol. The van der Waals surface area contributed by atoms with Crippen molar-refractivity contribution in [2.24, 2.45) is 0 Å². The molecule has 0 amide bonds. The van der Waals surface area contributed by atoms with E-state index in [0.29, 0.717) is 12.0 Å². The van der Waals surface area contributed by atoms with E-state index in [9.17, 15) is 0 Å². The van der Waals surface area contributed by atoms with E-state index in [1.165, 1.54) is 0 Å². The molecule has 0 aromatic carbocycles. The van der Waals surface area contributed by atoms with Crippen LogP contribution in [0.15, 0.2) is 0 Å². The molecule has 0 aliphatic carbocycles. The Balaban J connectivity index is 3.86. The predicted molar refractivity (Wildman–Crippen MR) is 58.9 cm³/mol. The SMILES string of the molecule is CCC(C)OC(C)(CCl)CI. The van der Waals surface area contributed by atoms with Crippen LogP contribution < -0.4 is 0 Å². The monoisotopic (exact) mass is 290 g/mol. The third-order valence-corrected chi connectivity index (χ3v) is 3.80. The van der Waals surface area contributed by atoms with Crippen molar-refractivity contribution >= 4 is 34.2 Å². The molecular formula is C8H16ClIO. The molecule has 0 spiro atoms. The second kappa shape index (κ2) is 5.60. The van der Waals surface area contributed by atoms with Gasteiger partial charge in [-0.05, 0) is 20.3 Å². The minimum atomic E-state index is -0.141. The lowest BCUT2D eigenvalue weighted by molar-refractivity contribution is -0.0448. The smallest absolute Gasteiger partial charge is 0.0881 e. The molecule has 0 aromatic heterocycles. The first-order valence-corrected chi connectivity index (χ1v) is 5.93. The molecule has 0 saturated carbocycles. The Bertz CT molecular complexity index is 104. The van der Waals surface area contributed by atoms with Gasteiger partial charge in [0.05, 0.1) is 17.6 Å². The third kappa shape index (κ3) is 4.53. The first kappa shape index (κ1) is 12.0. The number of alkyl halides is 2. The molecule has 2 unspecified atom stereocenters. The van der Waals surface area contributed by atoms with Crippen LogP contribution in [0.25, 0.3) is 0 Å². The summed E-state index contributed by atoms with van der Waals surface area (Å²) in [4.78, 5) is 0. The van der Waals surface area contributed by atoms with E-state index < -0.39 is 0 Å². The van der Waals surface area contributed by atoms with Crippen molar-refractivity contribution in [2.45, 2.75) is 38.9 Å². The third-order valence-electron chi connectivity index (χ3n) is 1.63. The topological polar surface area (TPSA) is 9.23 Å². The highest BCUT2D eigenvalue weighted by molar-refractivity contribution is 14.1. The molecule has 0 aliphatic heterocycles. The normalized spacial score (nSPS) is 19.4. The summed E-state index contributed by atoms with van der Waals surface area (Å²) < 4.78 is 6.69. The molecule has 0 rings (SSSR count). The minimum absolute atomic E-state index is 0.141. The Labute approximate surface area is 88.0 Å². The first-order valence-electron chi connectivity index (χ1n) is 3.87. The summed E-state index contributed by atoms with van der Waals surface area (Å²) in [5, 5.41) is 0. The zero-order valence-electron chi connectivity index (χ0n) is 7.36. The molecule has 0 aromatic rings. The fraction of sp³-hybridized carbons (Fsp3) is 1.00. The summed E-state index contributed by atoms with van der Waals surface area (Å²) in [5.41, 5.74) is -0.141. The molecule has 11 heavy (non-hydrogen) atoms. The van der Waals surface area contributed by atoms with Crippen LogP contribution in [0.3, 0.4) is 0 Å². The summed E-state index contributed by atoms with van der Waals surface area (Å²) in [7, 11) is 0. The largest absolute Gasteiger partial charge is 0.370 e. The zero-order valence-corrected chi connectivity index (χ0v) is 10.3. The van der Waals surface area contributed by atoms with Crippen LogP contribution in [0, 0.1) is 0 Å². The maximum Gasteiger partial charge on any atom is 0.0881 e. The average molecular weight is 291 g/mol. The molecule has 0 radical (unpaired) electrons. The van der Waals surface area contributed by atoms with Gasteiger partial charge in [0.1, 0.15) is 0 Å². The van der Waals surface area contributed by atoms with Gasteiger partial charge in [0.25, 0.3) is 0 Å². The van der Waals surface area contributed by atoms with Crippen LogP contribution in [0.4, 0.5) is 0 Å². The van der Waals surface area contributed by atoms with Gasteiger partial charge in [0.15, 0.2) is 0 Å². The lowest BCUT2D eigenvalue weighted by Crippen LogP contribution is -2.36.